The van der Waals surface area contributed by atoms with Gasteiger partial charge in [0.05, 0.1) is 0 Å². The van der Waals surface area contributed by atoms with Gasteiger partial charge in [-0.15, -0.1) is 0 Å². The molecule has 0 atom stereocenters. The molecule has 0 radical (unpaired) electrons. The van der Waals surface area contributed by atoms with Crippen molar-refractivity contribution in [3.05, 3.63) is 18.0 Å². The highest BCUT2D eigenvalue weighted by molar-refractivity contribution is 5.80. The molecule has 0 aromatic carbocycles. The molecule has 23 heavy (non-hydrogen) atoms. The number of anilines is 1. The molecule has 8 nitrogen and oxygen atoms in total. The molecule has 0 aliphatic carbocycles. The minimum Gasteiger partial charge on any atom is -0.465 e. The van der Waals surface area contributed by atoms with Gasteiger partial charge in [0.15, 0.2) is 0 Å². The number of carbonyl (C=O) groups is 2. The number of hydrogen-bond acceptors (Lipinski definition) is 5. The minimum atomic E-state index is -1.11. The number of aryl methyl sites for hydroxylation is 1. The summed E-state index contributed by atoms with van der Waals surface area (Å²) in [5, 5.41) is 9.12. The van der Waals surface area contributed by atoms with E-state index in [1.54, 1.807) is 0 Å². The van der Waals surface area contributed by atoms with Crippen molar-refractivity contribution in [2.75, 3.05) is 31.1 Å². The number of aromatic nitrogens is 2. The van der Waals surface area contributed by atoms with Gasteiger partial charge in [-0.1, -0.05) is 6.92 Å². The molecule has 0 unspecified atom stereocenters. The predicted octanol–water partition coefficient (Wildman–Crippen LogP) is 0.721. The van der Waals surface area contributed by atoms with Crippen molar-refractivity contribution >= 4 is 17.9 Å². The maximum Gasteiger partial charge on any atom is 0.407 e. The molecule has 1 aromatic rings. The van der Waals surface area contributed by atoms with Gasteiger partial charge in [-0.25, -0.2) is 14.8 Å². The van der Waals surface area contributed by atoms with Gasteiger partial charge in [0.25, 0.3) is 0 Å². The summed E-state index contributed by atoms with van der Waals surface area (Å²) in [6, 6.07) is 0. The van der Waals surface area contributed by atoms with Gasteiger partial charge in [0, 0.05) is 32.0 Å². The van der Waals surface area contributed by atoms with Crippen molar-refractivity contribution in [3.63, 3.8) is 0 Å². The molecular weight excluding hydrogens is 298 g/mol. The predicted molar refractivity (Wildman–Crippen MR) is 85.1 cm³/mol. The lowest BCUT2D eigenvalue weighted by molar-refractivity contribution is -0.119. The van der Waals surface area contributed by atoms with Crippen molar-refractivity contribution in [1.82, 2.24) is 14.9 Å². The Morgan fingerprint density at radius 1 is 1.35 bits per heavy atom. The first-order chi connectivity index (χ1) is 11.0. The Labute approximate surface area is 135 Å². The van der Waals surface area contributed by atoms with Crippen LogP contribution in [0.15, 0.2) is 12.4 Å². The highest BCUT2D eigenvalue weighted by atomic mass is 16.4. The van der Waals surface area contributed by atoms with E-state index >= 15 is 0 Å². The number of hydrogen-bond donors (Lipinski definition) is 2. The highest BCUT2D eigenvalue weighted by Crippen LogP contribution is 2.21. The number of nitrogens with zero attached hydrogens (tertiary/aromatic N) is 4. The summed E-state index contributed by atoms with van der Waals surface area (Å²) in [7, 11) is 0. The first kappa shape index (κ1) is 17.0. The van der Waals surface area contributed by atoms with E-state index in [-0.39, 0.29) is 12.5 Å². The average Bonchev–Trinajstić information content (AvgIpc) is 2.54. The Hall–Kier alpha value is -2.38. The van der Waals surface area contributed by atoms with Crippen LogP contribution in [-0.2, 0) is 11.2 Å². The Bertz CT molecular complexity index is 541. The van der Waals surface area contributed by atoms with E-state index in [2.05, 4.69) is 21.8 Å². The number of piperidine rings is 1. The third-order valence-corrected chi connectivity index (χ3v) is 4.09. The van der Waals surface area contributed by atoms with Gasteiger partial charge in [-0.05, 0) is 30.7 Å². The summed E-state index contributed by atoms with van der Waals surface area (Å²) >= 11 is 0. The minimum absolute atomic E-state index is 0.219. The SMILES string of the molecule is CCc1cnc(N2CCC(CN(CC(N)=O)C(=O)O)CC2)nc1. The van der Waals surface area contributed by atoms with Gasteiger partial charge < -0.3 is 15.7 Å². The van der Waals surface area contributed by atoms with Crippen LogP contribution in [0.25, 0.3) is 0 Å². The molecule has 0 spiro atoms. The molecule has 2 heterocycles. The fourth-order valence-electron chi connectivity index (χ4n) is 2.72. The lowest BCUT2D eigenvalue weighted by Gasteiger charge is -2.33. The summed E-state index contributed by atoms with van der Waals surface area (Å²) in [5.41, 5.74) is 6.19. The molecule has 1 aliphatic heterocycles. The maximum absolute atomic E-state index is 11.1. The zero-order valence-electron chi connectivity index (χ0n) is 13.3. The normalized spacial score (nSPS) is 15.4. The summed E-state index contributed by atoms with van der Waals surface area (Å²) in [4.78, 5) is 34.0. The van der Waals surface area contributed by atoms with Crippen LogP contribution in [-0.4, -0.2) is 58.2 Å². The van der Waals surface area contributed by atoms with Gasteiger partial charge in [0.2, 0.25) is 11.9 Å². The van der Waals surface area contributed by atoms with Crippen LogP contribution in [0.3, 0.4) is 0 Å². The molecule has 8 heteroatoms. The number of primary amides is 1. The van der Waals surface area contributed by atoms with E-state index in [0.29, 0.717) is 12.5 Å². The zero-order valence-corrected chi connectivity index (χ0v) is 13.3. The lowest BCUT2D eigenvalue weighted by Crippen LogP contribution is -2.43. The first-order valence-electron chi connectivity index (χ1n) is 7.81. The van der Waals surface area contributed by atoms with Gasteiger partial charge in [0.1, 0.15) is 6.54 Å². The largest absolute Gasteiger partial charge is 0.465 e. The molecule has 3 N–H and O–H groups in total. The third-order valence-electron chi connectivity index (χ3n) is 4.09. The van der Waals surface area contributed by atoms with Crippen LogP contribution in [0.5, 0.6) is 0 Å². The molecule has 0 saturated carbocycles. The molecule has 2 rings (SSSR count). The van der Waals surface area contributed by atoms with Crippen LogP contribution in [0.4, 0.5) is 10.7 Å². The van der Waals surface area contributed by atoms with Crippen molar-refractivity contribution in [1.29, 1.82) is 0 Å². The summed E-state index contributed by atoms with van der Waals surface area (Å²) < 4.78 is 0. The molecule has 2 amide bonds. The summed E-state index contributed by atoms with van der Waals surface area (Å²) in [6.45, 7) is 3.70. The Morgan fingerprint density at radius 3 is 2.43 bits per heavy atom. The number of carboxylic acid groups (broad SMARTS) is 1. The van der Waals surface area contributed by atoms with E-state index < -0.39 is 12.0 Å². The van der Waals surface area contributed by atoms with E-state index in [1.165, 1.54) is 0 Å². The van der Waals surface area contributed by atoms with Gasteiger partial charge in [-0.3, -0.25) is 9.69 Å². The second-order valence-corrected chi connectivity index (χ2v) is 5.80. The fourth-order valence-corrected chi connectivity index (χ4v) is 2.72. The van der Waals surface area contributed by atoms with E-state index in [9.17, 15) is 9.59 Å². The van der Waals surface area contributed by atoms with Crippen molar-refractivity contribution < 1.29 is 14.7 Å². The Kier molecular flexibility index (Phi) is 5.72. The van der Waals surface area contributed by atoms with E-state index in [4.69, 9.17) is 10.8 Å². The highest BCUT2D eigenvalue weighted by Gasteiger charge is 2.25. The quantitative estimate of drug-likeness (QED) is 0.798. The zero-order chi connectivity index (χ0) is 16.8. The topological polar surface area (TPSA) is 113 Å². The molecule has 126 valence electrons. The molecule has 1 saturated heterocycles. The van der Waals surface area contributed by atoms with Crippen LogP contribution in [0, 0.1) is 5.92 Å². The summed E-state index contributed by atoms with van der Waals surface area (Å²) in [5.74, 6) is 0.304. The smallest absolute Gasteiger partial charge is 0.407 e. The summed E-state index contributed by atoms with van der Waals surface area (Å²) in [6.07, 6.45) is 5.15. The fraction of sp³-hybridized carbons (Fsp3) is 0.600. The van der Waals surface area contributed by atoms with Crippen molar-refractivity contribution in [2.24, 2.45) is 11.7 Å². The number of carbonyl (C=O) groups excluding carboxylic acids is 1. The van der Waals surface area contributed by atoms with Crippen molar-refractivity contribution in [2.45, 2.75) is 26.2 Å². The number of amides is 2. The average molecular weight is 321 g/mol. The van der Waals surface area contributed by atoms with Crippen molar-refractivity contribution in [3.8, 4) is 0 Å². The molecule has 0 bridgehead atoms. The standard InChI is InChI=1S/C15H23N5O3/c1-2-11-7-17-14(18-8-11)19-5-3-12(4-6-19)9-20(15(22)23)10-13(16)21/h7-8,12H,2-6,9-10H2,1H3,(H2,16,21)(H,22,23). The first-order valence-corrected chi connectivity index (χ1v) is 7.81. The van der Waals surface area contributed by atoms with Crippen LogP contribution in [0.1, 0.15) is 25.3 Å². The molecule has 1 fully saturated rings. The van der Waals surface area contributed by atoms with Crippen LogP contribution < -0.4 is 10.6 Å². The lowest BCUT2D eigenvalue weighted by atomic mass is 9.96. The Morgan fingerprint density at radius 2 is 1.96 bits per heavy atom. The molecule has 1 aliphatic rings. The number of nitrogens with two attached hydrogens (primary N) is 1. The van der Waals surface area contributed by atoms with E-state index in [0.717, 1.165) is 42.8 Å². The molecular formula is C15H23N5O3. The molecule has 1 aromatic heterocycles. The van der Waals surface area contributed by atoms with Gasteiger partial charge in [-0.2, -0.15) is 0 Å². The second kappa shape index (κ2) is 7.75. The van der Waals surface area contributed by atoms with Crippen LogP contribution in [0.2, 0.25) is 0 Å². The van der Waals surface area contributed by atoms with Gasteiger partial charge >= 0.3 is 6.09 Å². The maximum atomic E-state index is 11.1. The van der Waals surface area contributed by atoms with Crippen LogP contribution >= 0.6 is 0 Å². The Balaban J connectivity index is 1.87. The third kappa shape index (κ3) is 4.80. The van der Waals surface area contributed by atoms with E-state index in [1.807, 2.05) is 12.4 Å². The number of rotatable bonds is 6. The second-order valence-electron chi connectivity index (χ2n) is 5.80. The monoisotopic (exact) mass is 321 g/mol.